The maximum Gasteiger partial charge on any atom is 0.254 e. The summed E-state index contributed by atoms with van der Waals surface area (Å²) in [5.41, 5.74) is 2.51. The quantitative estimate of drug-likeness (QED) is 0.706. The number of morpholine rings is 1. The number of nitrogens with one attached hydrogen (secondary N) is 1. The van der Waals surface area contributed by atoms with Crippen molar-refractivity contribution in [1.82, 2.24) is 15.0 Å². The smallest absolute Gasteiger partial charge is 0.254 e. The molecular formula is C20H22N4O3S. The maximum atomic E-state index is 12.7. The molecule has 0 bridgehead atoms. The van der Waals surface area contributed by atoms with Crippen LogP contribution in [0.15, 0.2) is 45.6 Å². The lowest BCUT2D eigenvalue weighted by Crippen LogP contribution is -2.48. The van der Waals surface area contributed by atoms with Gasteiger partial charge in [0.25, 0.3) is 5.91 Å². The summed E-state index contributed by atoms with van der Waals surface area (Å²) in [5, 5.41) is 11.2. The molecule has 0 spiro atoms. The molecule has 2 unspecified atom stereocenters. The molecule has 1 N–H and O–H groups in total. The number of carbonyl (C=O) groups is 1. The zero-order valence-corrected chi connectivity index (χ0v) is 16.6. The van der Waals surface area contributed by atoms with Gasteiger partial charge in [-0.05, 0) is 49.6 Å². The third-order valence-corrected chi connectivity index (χ3v) is 5.21. The summed E-state index contributed by atoms with van der Waals surface area (Å²) in [7, 11) is 0. The average molecular weight is 398 g/mol. The van der Waals surface area contributed by atoms with Gasteiger partial charge in [0.1, 0.15) is 0 Å². The van der Waals surface area contributed by atoms with Gasteiger partial charge in [-0.25, -0.2) is 0 Å². The van der Waals surface area contributed by atoms with Crippen molar-refractivity contribution >= 4 is 22.9 Å². The zero-order valence-electron chi connectivity index (χ0n) is 15.8. The van der Waals surface area contributed by atoms with Gasteiger partial charge in [0, 0.05) is 35.3 Å². The molecule has 2 aromatic heterocycles. The van der Waals surface area contributed by atoms with Crippen molar-refractivity contribution in [2.45, 2.75) is 32.6 Å². The Morgan fingerprint density at radius 3 is 2.64 bits per heavy atom. The number of ether oxygens (including phenoxy) is 1. The van der Waals surface area contributed by atoms with E-state index in [0.29, 0.717) is 36.9 Å². The number of aromatic nitrogens is 2. The van der Waals surface area contributed by atoms with Gasteiger partial charge < -0.3 is 19.5 Å². The third-order valence-electron chi connectivity index (χ3n) is 4.53. The Morgan fingerprint density at radius 1 is 1.21 bits per heavy atom. The molecule has 1 fully saturated rings. The minimum absolute atomic E-state index is 0.0332. The number of carbonyl (C=O) groups excluding carboxylic acids is 1. The molecule has 3 heterocycles. The predicted molar refractivity (Wildman–Crippen MR) is 107 cm³/mol. The molecule has 0 radical (unpaired) electrons. The standard InChI is InChI=1S/C20H22N4O3S/c1-13-10-24(11-14(2)26-13)20(25)15-3-5-17(6-4-15)21-9-18-22-19(23-27-18)16-7-8-28-12-16/h3-8,12-14,21H,9-11H2,1-2H3. The fourth-order valence-corrected chi connectivity index (χ4v) is 3.90. The third kappa shape index (κ3) is 4.23. The number of benzene rings is 1. The van der Waals surface area contributed by atoms with Gasteiger partial charge in [-0.3, -0.25) is 4.79 Å². The predicted octanol–water partition coefficient (Wildman–Crippen LogP) is 3.66. The summed E-state index contributed by atoms with van der Waals surface area (Å²) < 4.78 is 11.0. The summed E-state index contributed by atoms with van der Waals surface area (Å²) in [6.07, 6.45) is 0.115. The Hall–Kier alpha value is -2.71. The molecule has 1 amide bonds. The van der Waals surface area contributed by atoms with Crippen molar-refractivity contribution in [3.05, 3.63) is 52.5 Å². The number of amides is 1. The number of hydrogen-bond donors (Lipinski definition) is 1. The van der Waals surface area contributed by atoms with E-state index in [-0.39, 0.29) is 18.1 Å². The van der Waals surface area contributed by atoms with Crippen LogP contribution in [0, 0.1) is 0 Å². The first-order chi connectivity index (χ1) is 13.6. The highest BCUT2D eigenvalue weighted by molar-refractivity contribution is 7.08. The van der Waals surface area contributed by atoms with Gasteiger partial charge >= 0.3 is 0 Å². The first-order valence-electron chi connectivity index (χ1n) is 9.22. The van der Waals surface area contributed by atoms with Crippen LogP contribution in [-0.4, -0.2) is 46.2 Å². The highest BCUT2D eigenvalue weighted by Crippen LogP contribution is 2.20. The SMILES string of the molecule is CC1CN(C(=O)c2ccc(NCc3nc(-c4ccsc4)no3)cc2)CC(C)O1. The molecule has 1 aliphatic rings. The molecule has 146 valence electrons. The molecule has 1 aliphatic heterocycles. The topological polar surface area (TPSA) is 80.5 Å². The molecule has 7 nitrogen and oxygen atoms in total. The average Bonchev–Trinajstić information content (AvgIpc) is 3.37. The van der Waals surface area contributed by atoms with Crippen LogP contribution in [0.5, 0.6) is 0 Å². The van der Waals surface area contributed by atoms with Crippen molar-refractivity contribution in [1.29, 1.82) is 0 Å². The van der Waals surface area contributed by atoms with E-state index in [1.54, 1.807) is 11.3 Å². The number of anilines is 1. The van der Waals surface area contributed by atoms with Crippen molar-refractivity contribution < 1.29 is 14.1 Å². The van der Waals surface area contributed by atoms with Crippen molar-refractivity contribution in [2.24, 2.45) is 0 Å². The van der Waals surface area contributed by atoms with E-state index in [1.807, 2.05) is 59.8 Å². The first-order valence-corrected chi connectivity index (χ1v) is 10.2. The van der Waals surface area contributed by atoms with Crippen molar-refractivity contribution in [3.8, 4) is 11.4 Å². The minimum Gasteiger partial charge on any atom is -0.376 e. The fourth-order valence-electron chi connectivity index (χ4n) is 3.27. The number of hydrogen-bond acceptors (Lipinski definition) is 7. The second-order valence-electron chi connectivity index (χ2n) is 6.92. The zero-order chi connectivity index (χ0) is 19.5. The number of rotatable bonds is 5. The van der Waals surface area contributed by atoms with E-state index >= 15 is 0 Å². The van der Waals surface area contributed by atoms with Crippen LogP contribution in [0.25, 0.3) is 11.4 Å². The molecule has 1 saturated heterocycles. The Bertz CT molecular complexity index is 913. The molecule has 3 aromatic rings. The number of thiophene rings is 1. The van der Waals surface area contributed by atoms with Crippen LogP contribution in [0.3, 0.4) is 0 Å². The van der Waals surface area contributed by atoms with E-state index in [4.69, 9.17) is 9.26 Å². The first kappa shape index (κ1) is 18.6. The Morgan fingerprint density at radius 2 is 1.96 bits per heavy atom. The lowest BCUT2D eigenvalue weighted by Gasteiger charge is -2.35. The van der Waals surface area contributed by atoms with Crippen molar-refractivity contribution in [3.63, 3.8) is 0 Å². The van der Waals surface area contributed by atoms with Gasteiger partial charge in [-0.15, -0.1) is 0 Å². The lowest BCUT2D eigenvalue weighted by atomic mass is 10.1. The van der Waals surface area contributed by atoms with Crippen LogP contribution < -0.4 is 5.32 Å². The minimum atomic E-state index is 0.0332. The summed E-state index contributed by atoms with van der Waals surface area (Å²) in [6.45, 7) is 5.64. The molecular weight excluding hydrogens is 376 g/mol. The second kappa shape index (κ2) is 8.12. The summed E-state index contributed by atoms with van der Waals surface area (Å²) >= 11 is 1.59. The molecule has 4 rings (SSSR count). The lowest BCUT2D eigenvalue weighted by molar-refractivity contribution is -0.0586. The molecule has 2 atom stereocenters. The summed E-state index contributed by atoms with van der Waals surface area (Å²) in [6, 6.07) is 9.39. The van der Waals surface area contributed by atoms with Crippen LogP contribution in [0.2, 0.25) is 0 Å². The van der Waals surface area contributed by atoms with Gasteiger partial charge in [0.15, 0.2) is 0 Å². The molecule has 0 saturated carbocycles. The van der Waals surface area contributed by atoms with E-state index in [2.05, 4.69) is 15.5 Å². The van der Waals surface area contributed by atoms with Gasteiger partial charge in [0.05, 0.1) is 18.8 Å². The Balaban J connectivity index is 1.35. The second-order valence-corrected chi connectivity index (χ2v) is 7.70. The molecule has 0 aliphatic carbocycles. The van der Waals surface area contributed by atoms with E-state index < -0.39 is 0 Å². The van der Waals surface area contributed by atoms with Gasteiger partial charge in [-0.1, -0.05) is 5.16 Å². The highest BCUT2D eigenvalue weighted by atomic mass is 32.1. The van der Waals surface area contributed by atoms with Crippen LogP contribution in [-0.2, 0) is 11.3 Å². The monoisotopic (exact) mass is 398 g/mol. The van der Waals surface area contributed by atoms with E-state index in [9.17, 15) is 4.79 Å². The highest BCUT2D eigenvalue weighted by Gasteiger charge is 2.26. The van der Waals surface area contributed by atoms with Crippen LogP contribution in [0.4, 0.5) is 5.69 Å². The Labute approximate surface area is 167 Å². The maximum absolute atomic E-state index is 12.7. The molecule has 28 heavy (non-hydrogen) atoms. The van der Waals surface area contributed by atoms with E-state index in [0.717, 1.165) is 11.3 Å². The van der Waals surface area contributed by atoms with Crippen LogP contribution in [0.1, 0.15) is 30.1 Å². The van der Waals surface area contributed by atoms with E-state index in [1.165, 1.54) is 0 Å². The fraction of sp³-hybridized carbons (Fsp3) is 0.350. The van der Waals surface area contributed by atoms with Crippen molar-refractivity contribution in [2.75, 3.05) is 18.4 Å². The number of nitrogens with zero attached hydrogens (tertiary/aromatic N) is 3. The Kier molecular flexibility index (Phi) is 5.40. The largest absolute Gasteiger partial charge is 0.376 e. The normalized spacial score (nSPS) is 19.6. The van der Waals surface area contributed by atoms with Gasteiger partial charge in [0.2, 0.25) is 11.7 Å². The summed E-state index contributed by atoms with van der Waals surface area (Å²) in [4.78, 5) is 18.9. The molecule has 8 heteroatoms. The molecule has 1 aromatic carbocycles. The van der Waals surface area contributed by atoms with Gasteiger partial charge in [-0.2, -0.15) is 16.3 Å². The van der Waals surface area contributed by atoms with Crippen LogP contribution >= 0.6 is 11.3 Å². The summed E-state index contributed by atoms with van der Waals surface area (Å²) in [5.74, 6) is 1.14.